The molecule has 7 nitrogen and oxygen atoms in total. The van der Waals surface area contributed by atoms with E-state index < -0.39 is 11.7 Å². The van der Waals surface area contributed by atoms with E-state index in [4.69, 9.17) is 10.5 Å². The van der Waals surface area contributed by atoms with Crippen molar-refractivity contribution in [1.82, 2.24) is 20.0 Å². The fraction of sp³-hybridized carbons (Fsp3) is 0.524. The second kappa shape index (κ2) is 11.8. The molecule has 1 fully saturated rings. The van der Waals surface area contributed by atoms with Gasteiger partial charge in [0.25, 0.3) is 0 Å². The fourth-order valence-corrected chi connectivity index (χ4v) is 3.56. The summed E-state index contributed by atoms with van der Waals surface area (Å²) in [5.74, 6) is 0.137. The van der Waals surface area contributed by atoms with Gasteiger partial charge in [-0.2, -0.15) is 18.3 Å². The van der Waals surface area contributed by atoms with Gasteiger partial charge in [-0.15, -0.1) is 24.0 Å². The van der Waals surface area contributed by atoms with Crippen LogP contribution in [-0.2, 0) is 17.5 Å². The number of nitrogens with zero attached hydrogens (tertiary/aromatic N) is 4. The zero-order chi connectivity index (χ0) is 22.4. The van der Waals surface area contributed by atoms with E-state index >= 15 is 0 Å². The number of nitrogens with two attached hydrogens (primary N) is 1. The van der Waals surface area contributed by atoms with Gasteiger partial charge in [0.05, 0.1) is 36.7 Å². The van der Waals surface area contributed by atoms with Gasteiger partial charge in [-0.1, -0.05) is 6.07 Å². The van der Waals surface area contributed by atoms with Gasteiger partial charge in [-0.05, 0) is 50.6 Å². The first-order chi connectivity index (χ1) is 14.7. The summed E-state index contributed by atoms with van der Waals surface area (Å²) in [6.07, 6.45) is -3.64. The lowest BCUT2D eigenvalue weighted by molar-refractivity contribution is -0.138. The normalized spacial score (nSPS) is 15.5. The molecule has 1 aromatic heterocycles. The van der Waals surface area contributed by atoms with Gasteiger partial charge >= 0.3 is 6.18 Å². The standard InChI is InChI=1S/C21H29F3N6O.HI/c1-15-12-16(2)30(28-15)18-5-4-17(19(13-18)21(22,23)24)14-27-20(25)26-6-3-7-29-8-10-31-11-9-29;/h4-5,12-13H,3,6-11,14H2,1-2H3,(H3,25,26,27);1H. The fourth-order valence-electron chi connectivity index (χ4n) is 3.56. The first-order valence-corrected chi connectivity index (χ1v) is 10.3. The molecular weight excluding hydrogens is 536 g/mol. The Morgan fingerprint density at radius 1 is 1.22 bits per heavy atom. The minimum atomic E-state index is -4.50. The molecule has 11 heteroatoms. The van der Waals surface area contributed by atoms with Gasteiger partial charge in [0, 0.05) is 25.3 Å². The summed E-state index contributed by atoms with van der Waals surface area (Å²) in [6.45, 7) is 8.29. The Balaban J connectivity index is 0.00000363. The van der Waals surface area contributed by atoms with E-state index in [1.165, 1.54) is 10.7 Å². The van der Waals surface area contributed by atoms with E-state index in [1.54, 1.807) is 19.9 Å². The van der Waals surface area contributed by atoms with E-state index in [1.807, 2.05) is 6.07 Å². The van der Waals surface area contributed by atoms with Crippen molar-refractivity contribution < 1.29 is 17.9 Å². The van der Waals surface area contributed by atoms with Gasteiger partial charge in [-0.3, -0.25) is 4.90 Å². The smallest absolute Gasteiger partial charge is 0.379 e. The number of aromatic nitrogens is 2. The maximum Gasteiger partial charge on any atom is 0.416 e. The SMILES string of the molecule is Cc1cc(C)n(-c2ccc(CN=C(N)NCCCN3CCOCC3)c(C(F)(F)F)c2)n1.I. The highest BCUT2D eigenvalue weighted by molar-refractivity contribution is 14.0. The highest BCUT2D eigenvalue weighted by Gasteiger charge is 2.33. The number of aliphatic imine (C=N–C) groups is 1. The summed E-state index contributed by atoms with van der Waals surface area (Å²) in [5.41, 5.74) is 7.05. The Labute approximate surface area is 203 Å². The van der Waals surface area contributed by atoms with Crippen LogP contribution < -0.4 is 11.1 Å². The lowest BCUT2D eigenvalue weighted by Gasteiger charge is -2.26. The van der Waals surface area contributed by atoms with E-state index in [9.17, 15) is 13.2 Å². The van der Waals surface area contributed by atoms with E-state index in [0.717, 1.165) is 56.7 Å². The van der Waals surface area contributed by atoms with Crippen LogP contribution in [0.4, 0.5) is 13.2 Å². The zero-order valence-electron chi connectivity index (χ0n) is 18.3. The van der Waals surface area contributed by atoms with Crippen LogP contribution in [0.15, 0.2) is 29.3 Å². The Morgan fingerprint density at radius 2 is 1.94 bits per heavy atom. The first-order valence-electron chi connectivity index (χ1n) is 10.3. The lowest BCUT2D eigenvalue weighted by atomic mass is 10.1. The van der Waals surface area contributed by atoms with Crippen LogP contribution >= 0.6 is 24.0 Å². The largest absolute Gasteiger partial charge is 0.416 e. The Hall–Kier alpha value is -1.86. The van der Waals surface area contributed by atoms with Gasteiger partial charge < -0.3 is 15.8 Å². The van der Waals surface area contributed by atoms with E-state index in [0.29, 0.717) is 12.2 Å². The molecule has 0 aliphatic carbocycles. The van der Waals surface area contributed by atoms with Crippen molar-refractivity contribution in [2.24, 2.45) is 10.7 Å². The molecule has 0 amide bonds. The molecule has 1 saturated heterocycles. The van der Waals surface area contributed by atoms with Crippen molar-refractivity contribution in [3.8, 4) is 5.69 Å². The molecule has 32 heavy (non-hydrogen) atoms. The second-order valence-electron chi connectivity index (χ2n) is 7.61. The van der Waals surface area contributed by atoms with Crippen molar-refractivity contribution in [3.63, 3.8) is 0 Å². The highest BCUT2D eigenvalue weighted by Crippen LogP contribution is 2.34. The number of hydrogen-bond acceptors (Lipinski definition) is 4. The molecule has 2 heterocycles. The third-order valence-electron chi connectivity index (χ3n) is 5.13. The molecule has 1 aliphatic heterocycles. The van der Waals surface area contributed by atoms with Crippen LogP contribution in [0.5, 0.6) is 0 Å². The molecule has 0 saturated carbocycles. The molecule has 0 atom stereocenters. The van der Waals surface area contributed by atoms with Gasteiger partial charge in [-0.25, -0.2) is 9.67 Å². The van der Waals surface area contributed by atoms with Crippen molar-refractivity contribution in [2.45, 2.75) is 33.0 Å². The summed E-state index contributed by atoms with van der Waals surface area (Å²) >= 11 is 0. The van der Waals surface area contributed by atoms with Crippen LogP contribution in [0.3, 0.4) is 0 Å². The third kappa shape index (κ3) is 7.34. The average Bonchev–Trinajstić information content (AvgIpc) is 3.07. The maximum atomic E-state index is 13.7. The molecule has 178 valence electrons. The quantitative estimate of drug-likeness (QED) is 0.233. The highest BCUT2D eigenvalue weighted by atomic mass is 127. The molecule has 3 rings (SSSR count). The zero-order valence-corrected chi connectivity index (χ0v) is 20.6. The van der Waals surface area contributed by atoms with E-state index in [-0.39, 0.29) is 42.0 Å². The van der Waals surface area contributed by atoms with Crippen molar-refractivity contribution in [3.05, 3.63) is 46.8 Å². The maximum absolute atomic E-state index is 13.7. The summed E-state index contributed by atoms with van der Waals surface area (Å²) in [6, 6.07) is 5.97. The van der Waals surface area contributed by atoms with Crippen molar-refractivity contribution in [2.75, 3.05) is 39.4 Å². The van der Waals surface area contributed by atoms with Crippen LogP contribution in [0.2, 0.25) is 0 Å². The van der Waals surface area contributed by atoms with Gasteiger partial charge in [0.2, 0.25) is 0 Å². The second-order valence-corrected chi connectivity index (χ2v) is 7.61. The predicted molar refractivity (Wildman–Crippen MR) is 129 cm³/mol. The number of aryl methyl sites for hydroxylation is 2. The number of hydrogen-bond donors (Lipinski definition) is 2. The van der Waals surface area contributed by atoms with Gasteiger partial charge in [0.1, 0.15) is 0 Å². The van der Waals surface area contributed by atoms with Crippen molar-refractivity contribution in [1.29, 1.82) is 0 Å². The van der Waals surface area contributed by atoms with Crippen LogP contribution in [0.1, 0.15) is 28.9 Å². The molecule has 2 aromatic rings. The van der Waals surface area contributed by atoms with Crippen molar-refractivity contribution >= 4 is 29.9 Å². The first kappa shape index (κ1) is 26.4. The molecule has 0 spiro atoms. The number of benzene rings is 1. The molecule has 1 aliphatic rings. The number of nitrogens with one attached hydrogen (secondary N) is 1. The number of halogens is 4. The number of morpholine rings is 1. The molecule has 0 bridgehead atoms. The molecule has 0 unspecified atom stereocenters. The topological polar surface area (TPSA) is 80.7 Å². The van der Waals surface area contributed by atoms with Gasteiger partial charge in [0.15, 0.2) is 5.96 Å². The van der Waals surface area contributed by atoms with E-state index in [2.05, 4.69) is 20.3 Å². The molecule has 3 N–H and O–H groups in total. The summed E-state index contributed by atoms with van der Waals surface area (Å²) < 4.78 is 47.8. The number of ether oxygens (including phenoxy) is 1. The Bertz CT molecular complexity index is 909. The summed E-state index contributed by atoms with van der Waals surface area (Å²) in [4.78, 5) is 6.41. The Morgan fingerprint density at radius 3 is 2.56 bits per heavy atom. The number of guanidine groups is 1. The molecule has 1 aromatic carbocycles. The minimum Gasteiger partial charge on any atom is -0.379 e. The Kier molecular flexibility index (Phi) is 9.77. The third-order valence-corrected chi connectivity index (χ3v) is 5.13. The molecular formula is C21H30F3IN6O. The predicted octanol–water partition coefficient (Wildman–Crippen LogP) is 3.25. The van der Waals surface area contributed by atoms with Crippen LogP contribution in [0.25, 0.3) is 5.69 Å². The average molecular weight is 566 g/mol. The minimum absolute atomic E-state index is 0. The summed E-state index contributed by atoms with van der Waals surface area (Å²) in [5, 5.41) is 7.24. The molecule has 0 radical (unpaired) electrons. The monoisotopic (exact) mass is 566 g/mol. The summed E-state index contributed by atoms with van der Waals surface area (Å²) in [7, 11) is 0. The lowest BCUT2D eigenvalue weighted by Crippen LogP contribution is -2.39. The van der Waals surface area contributed by atoms with Crippen LogP contribution in [-0.4, -0.2) is 60.0 Å². The number of rotatable bonds is 7. The number of alkyl halides is 3. The van der Waals surface area contributed by atoms with Crippen LogP contribution in [0, 0.1) is 13.8 Å².